The van der Waals surface area contributed by atoms with Crippen molar-refractivity contribution in [3.05, 3.63) is 30.5 Å². The van der Waals surface area contributed by atoms with Crippen LogP contribution in [0.5, 0.6) is 5.75 Å². The molecule has 0 fully saturated rings. The van der Waals surface area contributed by atoms with Gasteiger partial charge >= 0.3 is 5.97 Å². The second-order valence-electron chi connectivity index (χ2n) is 3.51. The van der Waals surface area contributed by atoms with E-state index in [0.717, 1.165) is 16.7 Å². The number of rotatable bonds is 3. The van der Waals surface area contributed by atoms with Crippen LogP contribution in [0.1, 0.15) is 0 Å². The smallest absolute Gasteiger partial charge is 0.374 e. The highest BCUT2D eigenvalue weighted by molar-refractivity contribution is 5.78. The number of fused-ring (bicyclic) bond motifs is 1. The van der Waals surface area contributed by atoms with E-state index in [1.54, 1.807) is 18.0 Å². The standard InChI is InChI=1S/C12H13N2O3/c1-16-10-3-4-11-9(7-10)5-6-14(13-11)8-12(15)17-2/h3-7H,8H2,1-2H3/q+1. The lowest BCUT2D eigenvalue weighted by Crippen LogP contribution is -2.41. The molecule has 2 aromatic rings. The van der Waals surface area contributed by atoms with Gasteiger partial charge in [0.05, 0.1) is 14.2 Å². The lowest BCUT2D eigenvalue weighted by atomic mass is 10.2. The number of aromatic nitrogens is 2. The Bertz CT molecular complexity index is 554. The molecule has 0 saturated carbocycles. The zero-order valence-corrected chi connectivity index (χ0v) is 9.71. The van der Waals surface area contributed by atoms with Crippen LogP contribution in [-0.4, -0.2) is 25.3 Å². The first-order valence-electron chi connectivity index (χ1n) is 5.14. The molecular formula is C12H13N2O3+. The molecule has 0 bridgehead atoms. The van der Waals surface area contributed by atoms with Crippen LogP contribution < -0.4 is 9.42 Å². The minimum absolute atomic E-state index is 0.110. The quantitative estimate of drug-likeness (QED) is 0.578. The predicted molar refractivity (Wildman–Crippen MR) is 60.5 cm³/mol. The summed E-state index contributed by atoms with van der Waals surface area (Å²) in [6.07, 6.45) is 1.73. The van der Waals surface area contributed by atoms with Crippen LogP contribution in [0.4, 0.5) is 0 Å². The van der Waals surface area contributed by atoms with Gasteiger partial charge in [0, 0.05) is 16.6 Å². The summed E-state index contributed by atoms with van der Waals surface area (Å²) in [7, 11) is 2.98. The van der Waals surface area contributed by atoms with Crippen LogP contribution >= 0.6 is 0 Å². The maximum atomic E-state index is 11.1. The summed E-state index contributed by atoms with van der Waals surface area (Å²) in [6.45, 7) is 0.110. The Morgan fingerprint density at radius 3 is 2.88 bits per heavy atom. The van der Waals surface area contributed by atoms with E-state index in [0.29, 0.717) is 0 Å². The highest BCUT2D eigenvalue weighted by Crippen LogP contribution is 2.17. The van der Waals surface area contributed by atoms with Gasteiger partial charge in [-0.05, 0) is 18.2 Å². The molecule has 0 radical (unpaired) electrons. The molecule has 0 aliphatic heterocycles. The molecule has 17 heavy (non-hydrogen) atoms. The second-order valence-corrected chi connectivity index (χ2v) is 3.51. The summed E-state index contributed by atoms with van der Waals surface area (Å²) in [6, 6.07) is 7.46. The van der Waals surface area contributed by atoms with Crippen molar-refractivity contribution in [3.8, 4) is 5.75 Å². The molecule has 1 aromatic heterocycles. The fourth-order valence-electron chi connectivity index (χ4n) is 1.51. The topological polar surface area (TPSA) is 52.3 Å². The maximum absolute atomic E-state index is 11.1. The third kappa shape index (κ3) is 2.50. The average molecular weight is 233 g/mol. The molecule has 0 unspecified atom stereocenters. The highest BCUT2D eigenvalue weighted by Gasteiger charge is 2.11. The zero-order valence-electron chi connectivity index (χ0n) is 9.71. The molecule has 1 aromatic carbocycles. The van der Waals surface area contributed by atoms with Crippen LogP contribution in [0.2, 0.25) is 0 Å². The molecule has 0 aliphatic carbocycles. The Balaban J connectivity index is 2.34. The van der Waals surface area contributed by atoms with Crippen molar-refractivity contribution in [1.29, 1.82) is 0 Å². The van der Waals surface area contributed by atoms with E-state index in [4.69, 9.17) is 4.74 Å². The lowest BCUT2D eigenvalue weighted by Gasteiger charge is -2.00. The summed E-state index contributed by atoms with van der Waals surface area (Å²) in [4.78, 5) is 11.1. The number of benzene rings is 1. The molecule has 2 rings (SSSR count). The zero-order chi connectivity index (χ0) is 12.3. The van der Waals surface area contributed by atoms with Gasteiger partial charge < -0.3 is 9.47 Å². The lowest BCUT2D eigenvalue weighted by molar-refractivity contribution is -0.741. The SMILES string of the molecule is COC(=O)C[n+]1ccc2cc(OC)ccc2n1. The molecular weight excluding hydrogens is 220 g/mol. The van der Waals surface area contributed by atoms with Crippen LogP contribution in [0.15, 0.2) is 30.5 Å². The number of esters is 1. The predicted octanol–water partition coefficient (Wildman–Crippen LogP) is 0.704. The van der Waals surface area contributed by atoms with Crippen LogP contribution in [0.25, 0.3) is 10.9 Å². The number of carbonyl (C=O) groups is 1. The first-order chi connectivity index (χ1) is 8.22. The van der Waals surface area contributed by atoms with E-state index in [1.165, 1.54) is 7.11 Å². The number of carbonyl (C=O) groups excluding carboxylic acids is 1. The first-order valence-corrected chi connectivity index (χ1v) is 5.14. The Kier molecular flexibility index (Phi) is 3.18. The normalized spacial score (nSPS) is 10.2. The van der Waals surface area contributed by atoms with E-state index >= 15 is 0 Å². The van der Waals surface area contributed by atoms with Crippen LogP contribution in [0, 0.1) is 0 Å². The largest absolute Gasteiger partial charge is 0.497 e. The minimum atomic E-state index is -0.324. The number of nitrogens with zero attached hydrogens (tertiary/aromatic N) is 2. The van der Waals surface area contributed by atoms with Crippen molar-refractivity contribution in [3.63, 3.8) is 0 Å². The van der Waals surface area contributed by atoms with E-state index in [-0.39, 0.29) is 12.5 Å². The molecule has 0 spiro atoms. The van der Waals surface area contributed by atoms with Gasteiger partial charge in [-0.3, -0.25) is 0 Å². The van der Waals surface area contributed by atoms with Gasteiger partial charge in [-0.25, -0.2) is 4.79 Å². The van der Waals surface area contributed by atoms with Crippen molar-refractivity contribution < 1.29 is 19.0 Å². The van der Waals surface area contributed by atoms with Gasteiger partial charge in [0.2, 0.25) is 0 Å². The summed E-state index contributed by atoms with van der Waals surface area (Å²) in [5, 5.41) is 5.26. The fourth-order valence-corrected chi connectivity index (χ4v) is 1.51. The van der Waals surface area contributed by atoms with Gasteiger partial charge in [-0.1, -0.05) is 4.68 Å². The van der Waals surface area contributed by atoms with Gasteiger partial charge in [0.15, 0.2) is 6.20 Å². The molecule has 5 nitrogen and oxygen atoms in total. The van der Waals surface area contributed by atoms with Gasteiger partial charge in [0.1, 0.15) is 11.3 Å². The Labute approximate surface area is 98.6 Å². The molecule has 0 saturated heterocycles. The summed E-state index contributed by atoms with van der Waals surface area (Å²) >= 11 is 0. The van der Waals surface area contributed by atoms with E-state index in [1.807, 2.05) is 24.3 Å². The maximum Gasteiger partial charge on any atom is 0.374 e. The monoisotopic (exact) mass is 233 g/mol. The second kappa shape index (κ2) is 4.78. The van der Waals surface area contributed by atoms with Crippen LogP contribution in [-0.2, 0) is 16.1 Å². The summed E-state index contributed by atoms with van der Waals surface area (Å²) in [5.74, 6) is 0.459. The van der Waals surface area contributed by atoms with Gasteiger partial charge in [0.25, 0.3) is 6.54 Å². The minimum Gasteiger partial charge on any atom is -0.497 e. The van der Waals surface area contributed by atoms with Crippen LogP contribution in [0.3, 0.4) is 0 Å². The Hall–Kier alpha value is -2.17. The third-order valence-electron chi connectivity index (χ3n) is 2.42. The summed E-state index contributed by atoms with van der Waals surface area (Å²) < 4.78 is 11.3. The van der Waals surface area contributed by atoms with E-state index < -0.39 is 0 Å². The third-order valence-corrected chi connectivity index (χ3v) is 2.42. The molecule has 0 amide bonds. The van der Waals surface area contributed by atoms with Crippen molar-refractivity contribution in [2.45, 2.75) is 6.54 Å². The van der Waals surface area contributed by atoms with Crippen molar-refractivity contribution in [2.75, 3.05) is 14.2 Å². The summed E-state index contributed by atoms with van der Waals surface area (Å²) in [5.41, 5.74) is 0.803. The van der Waals surface area contributed by atoms with Crippen molar-refractivity contribution in [2.24, 2.45) is 0 Å². The molecule has 0 atom stereocenters. The fraction of sp³-hybridized carbons (Fsp3) is 0.250. The number of hydrogen-bond acceptors (Lipinski definition) is 4. The highest BCUT2D eigenvalue weighted by atomic mass is 16.5. The Morgan fingerprint density at radius 1 is 1.35 bits per heavy atom. The number of hydrogen-bond donors (Lipinski definition) is 0. The molecule has 0 aliphatic rings. The number of methoxy groups -OCH3 is 2. The Morgan fingerprint density at radius 2 is 2.18 bits per heavy atom. The van der Waals surface area contributed by atoms with Crippen molar-refractivity contribution in [1.82, 2.24) is 5.10 Å². The average Bonchev–Trinajstić information content (AvgIpc) is 2.38. The molecule has 1 heterocycles. The molecule has 0 N–H and O–H groups in total. The molecule has 88 valence electrons. The van der Waals surface area contributed by atoms with E-state index in [2.05, 4.69) is 9.84 Å². The molecule has 5 heteroatoms. The van der Waals surface area contributed by atoms with Gasteiger partial charge in [-0.2, -0.15) is 0 Å². The van der Waals surface area contributed by atoms with Gasteiger partial charge in [-0.15, -0.1) is 0 Å². The first kappa shape index (κ1) is 11.3. The number of ether oxygens (including phenoxy) is 2. The van der Waals surface area contributed by atoms with Crippen molar-refractivity contribution >= 4 is 16.9 Å². The van der Waals surface area contributed by atoms with E-state index in [9.17, 15) is 4.79 Å².